The van der Waals surface area contributed by atoms with Crippen LogP contribution < -0.4 is 5.32 Å². The third-order valence-corrected chi connectivity index (χ3v) is 9.47. The standard InChI is InChI=1S/C41H58N2O/c1-7-13-22-35(21-9-3)42-36-23-18-16-15-17-19-25-37(26-20-24-36)43-30-31-44-40(32-43)41-38(12-6)33(10-4)28-29-34(11-5)39(41)27-14-8-2/h7-14,21-22,27,36-37,40-42H,1-6,15-20,23-26,28-32H2/b22-13-,27-14-,35-21+. The molecule has 238 valence electrons. The summed E-state index contributed by atoms with van der Waals surface area (Å²) in [4.78, 5) is 2.75. The van der Waals surface area contributed by atoms with E-state index in [1.165, 1.54) is 86.5 Å². The molecule has 1 aliphatic heterocycles. The number of hydrogen-bond acceptors (Lipinski definition) is 3. The Kier molecular flexibility index (Phi) is 16.1. The fourth-order valence-electron chi connectivity index (χ4n) is 7.22. The van der Waals surface area contributed by atoms with Crippen molar-refractivity contribution in [3.05, 3.63) is 134 Å². The van der Waals surface area contributed by atoms with Crippen molar-refractivity contribution in [2.45, 2.75) is 95.2 Å². The molecule has 0 spiro atoms. The largest absolute Gasteiger partial charge is 0.382 e. The number of ether oxygens (including phenoxy) is 1. The van der Waals surface area contributed by atoms with E-state index in [1.807, 2.05) is 48.6 Å². The molecule has 0 aromatic rings. The Morgan fingerprint density at radius 3 is 2.07 bits per heavy atom. The number of rotatable bonds is 12. The van der Waals surface area contributed by atoms with E-state index < -0.39 is 0 Å². The van der Waals surface area contributed by atoms with Gasteiger partial charge in [-0.15, -0.1) is 0 Å². The maximum absolute atomic E-state index is 6.65. The highest BCUT2D eigenvalue weighted by atomic mass is 16.5. The van der Waals surface area contributed by atoms with Crippen LogP contribution in [0.5, 0.6) is 0 Å². The Labute approximate surface area is 269 Å². The van der Waals surface area contributed by atoms with Crippen molar-refractivity contribution in [1.29, 1.82) is 0 Å². The second-order valence-corrected chi connectivity index (χ2v) is 12.3. The third kappa shape index (κ3) is 10.5. The smallest absolute Gasteiger partial charge is 0.0811 e. The second kappa shape index (κ2) is 20.0. The molecule has 3 heteroatoms. The summed E-state index contributed by atoms with van der Waals surface area (Å²) in [6, 6.07) is 1.04. The monoisotopic (exact) mass is 594 g/mol. The lowest BCUT2D eigenvalue weighted by Gasteiger charge is -2.42. The lowest BCUT2D eigenvalue weighted by Crippen LogP contribution is -2.50. The third-order valence-electron chi connectivity index (χ3n) is 9.47. The Morgan fingerprint density at radius 2 is 1.39 bits per heavy atom. The maximum Gasteiger partial charge on any atom is 0.0811 e. The zero-order valence-corrected chi connectivity index (χ0v) is 27.4. The van der Waals surface area contributed by atoms with Gasteiger partial charge in [-0.2, -0.15) is 0 Å². The van der Waals surface area contributed by atoms with Crippen molar-refractivity contribution in [2.75, 3.05) is 19.7 Å². The lowest BCUT2D eigenvalue weighted by molar-refractivity contribution is -0.0591. The Hall–Kier alpha value is -3.14. The average Bonchev–Trinajstić information content (AvgIpc) is 3.19. The van der Waals surface area contributed by atoms with Gasteiger partial charge >= 0.3 is 0 Å². The van der Waals surface area contributed by atoms with Gasteiger partial charge in [-0.3, -0.25) is 4.90 Å². The topological polar surface area (TPSA) is 24.5 Å². The van der Waals surface area contributed by atoms with Crippen LogP contribution in [0.15, 0.2) is 134 Å². The molecule has 4 unspecified atom stereocenters. The molecule has 0 radical (unpaired) electrons. The highest BCUT2D eigenvalue weighted by molar-refractivity contribution is 5.49. The van der Waals surface area contributed by atoms with Crippen molar-refractivity contribution >= 4 is 0 Å². The van der Waals surface area contributed by atoms with Gasteiger partial charge in [-0.05, 0) is 79.4 Å². The van der Waals surface area contributed by atoms with Crippen molar-refractivity contribution in [1.82, 2.24) is 10.2 Å². The SMILES string of the molecule is C=C/C=C\C1=C(C=C)CCC(C=C)=C(C=C)C1C1CN(C2CCCCCCCC(NC(/C=C\C=C)=C/C=C)CCC2)CCO1. The maximum atomic E-state index is 6.65. The molecule has 0 bridgehead atoms. The lowest BCUT2D eigenvalue weighted by atomic mass is 9.81. The number of allylic oxidation sites excluding steroid dienone is 13. The summed E-state index contributed by atoms with van der Waals surface area (Å²) >= 11 is 0. The molecule has 3 rings (SSSR count). The van der Waals surface area contributed by atoms with Crippen LogP contribution in [0.4, 0.5) is 0 Å². The number of nitrogens with zero attached hydrogens (tertiary/aromatic N) is 1. The minimum Gasteiger partial charge on any atom is -0.382 e. The Morgan fingerprint density at radius 1 is 0.727 bits per heavy atom. The van der Waals surface area contributed by atoms with Crippen molar-refractivity contribution in [3.8, 4) is 0 Å². The first kappa shape index (κ1) is 35.3. The highest BCUT2D eigenvalue weighted by Gasteiger charge is 2.36. The van der Waals surface area contributed by atoms with Gasteiger partial charge in [0.25, 0.3) is 0 Å². The van der Waals surface area contributed by atoms with E-state index in [9.17, 15) is 0 Å². The van der Waals surface area contributed by atoms with Gasteiger partial charge in [0.05, 0.1) is 12.7 Å². The average molecular weight is 595 g/mol. The minimum absolute atomic E-state index is 0.0447. The van der Waals surface area contributed by atoms with Crippen LogP contribution in [-0.4, -0.2) is 42.8 Å². The predicted octanol–water partition coefficient (Wildman–Crippen LogP) is 10.0. The molecule has 2 aliphatic carbocycles. The van der Waals surface area contributed by atoms with E-state index in [0.717, 1.165) is 38.2 Å². The van der Waals surface area contributed by atoms with Crippen molar-refractivity contribution in [2.24, 2.45) is 5.92 Å². The fourth-order valence-corrected chi connectivity index (χ4v) is 7.22. The van der Waals surface area contributed by atoms with Gasteiger partial charge in [-0.25, -0.2) is 0 Å². The molecule has 3 aliphatic rings. The van der Waals surface area contributed by atoms with Crippen LogP contribution in [-0.2, 0) is 4.74 Å². The van der Waals surface area contributed by atoms with Crippen LogP contribution in [0.25, 0.3) is 0 Å². The van der Waals surface area contributed by atoms with Crippen molar-refractivity contribution < 1.29 is 4.74 Å². The zero-order chi connectivity index (χ0) is 31.6. The van der Waals surface area contributed by atoms with E-state index in [2.05, 4.69) is 67.9 Å². The van der Waals surface area contributed by atoms with Gasteiger partial charge in [0, 0.05) is 36.8 Å². The molecule has 1 saturated carbocycles. The first-order valence-electron chi connectivity index (χ1n) is 17.0. The number of nitrogens with one attached hydrogen (secondary N) is 1. The summed E-state index contributed by atoms with van der Waals surface area (Å²) in [6.07, 6.45) is 36.6. The second-order valence-electron chi connectivity index (χ2n) is 12.3. The summed E-state index contributed by atoms with van der Waals surface area (Å²) < 4.78 is 6.65. The summed E-state index contributed by atoms with van der Waals surface area (Å²) in [7, 11) is 0. The Bertz CT molecular complexity index is 1150. The first-order chi connectivity index (χ1) is 21.6. The minimum atomic E-state index is 0.0447. The summed E-state index contributed by atoms with van der Waals surface area (Å²) in [5.74, 6) is 0.0912. The van der Waals surface area contributed by atoms with E-state index in [1.54, 1.807) is 0 Å². The van der Waals surface area contributed by atoms with Crippen LogP contribution in [0.1, 0.15) is 77.0 Å². The predicted molar refractivity (Wildman–Crippen MR) is 193 cm³/mol. The highest BCUT2D eigenvalue weighted by Crippen LogP contribution is 2.40. The molecule has 3 nitrogen and oxygen atoms in total. The van der Waals surface area contributed by atoms with Gasteiger partial charge in [-0.1, -0.05) is 126 Å². The van der Waals surface area contributed by atoms with E-state index in [0.29, 0.717) is 12.1 Å². The molecule has 1 saturated heterocycles. The molecule has 0 aromatic carbocycles. The molecule has 4 atom stereocenters. The quantitative estimate of drug-likeness (QED) is 0.228. The van der Waals surface area contributed by atoms with Gasteiger partial charge < -0.3 is 10.1 Å². The molecular formula is C41H58N2O. The van der Waals surface area contributed by atoms with E-state index in [4.69, 9.17) is 4.74 Å². The molecule has 2 fully saturated rings. The number of hydrogen-bond donors (Lipinski definition) is 1. The zero-order valence-electron chi connectivity index (χ0n) is 27.4. The van der Waals surface area contributed by atoms with Crippen LogP contribution in [0.3, 0.4) is 0 Å². The summed E-state index contributed by atoms with van der Waals surface area (Å²) in [5, 5.41) is 3.82. The van der Waals surface area contributed by atoms with Gasteiger partial charge in [0.1, 0.15) is 0 Å². The molecule has 1 heterocycles. The molecule has 1 N–H and O–H groups in total. The fraction of sp³-hybridized carbons (Fsp3) is 0.463. The summed E-state index contributed by atoms with van der Waals surface area (Å²) in [6.45, 7) is 27.0. The van der Waals surface area contributed by atoms with Gasteiger partial charge in [0.2, 0.25) is 0 Å². The van der Waals surface area contributed by atoms with Gasteiger partial charge in [0.15, 0.2) is 0 Å². The van der Waals surface area contributed by atoms with Crippen LogP contribution in [0, 0.1) is 5.92 Å². The van der Waals surface area contributed by atoms with E-state index in [-0.39, 0.29) is 12.0 Å². The van der Waals surface area contributed by atoms with E-state index >= 15 is 0 Å². The van der Waals surface area contributed by atoms with Crippen molar-refractivity contribution in [3.63, 3.8) is 0 Å². The van der Waals surface area contributed by atoms with Crippen LogP contribution >= 0.6 is 0 Å². The summed E-state index contributed by atoms with van der Waals surface area (Å²) in [5.41, 5.74) is 6.19. The number of morpholine rings is 1. The molecule has 0 amide bonds. The first-order valence-corrected chi connectivity index (χ1v) is 17.0. The molecular weight excluding hydrogens is 536 g/mol. The van der Waals surface area contributed by atoms with Crippen LogP contribution in [0.2, 0.25) is 0 Å². The molecule has 0 aromatic heterocycles. The molecule has 44 heavy (non-hydrogen) atoms. The Balaban J connectivity index is 1.83. The normalized spacial score (nSPS) is 27.2.